The van der Waals surface area contributed by atoms with Crippen LogP contribution in [-0.4, -0.2) is 36.5 Å². The fraction of sp³-hybridized carbons (Fsp3) is 0.857. The van der Waals surface area contributed by atoms with Crippen molar-refractivity contribution in [3.05, 3.63) is 0 Å². The van der Waals surface area contributed by atoms with Gasteiger partial charge in [-0.3, -0.25) is 9.18 Å². The molecular weight excluding hydrogens is 168 g/mol. The Morgan fingerprint density at radius 2 is 2.25 bits per heavy atom. The average molecular weight is 179 g/mol. The van der Waals surface area contributed by atoms with Gasteiger partial charge in [0.25, 0.3) is 5.91 Å². The Kier molecular flexibility index (Phi) is 2.97. The third kappa shape index (κ3) is 1.55. The first-order valence-corrected chi connectivity index (χ1v) is 3.82. The van der Waals surface area contributed by atoms with Crippen LogP contribution in [-0.2, 0) is 4.79 Å². The molecular formula is C7H11F2NO2. The van der Waals surface area contributed by atoms with Gasteiger partial charge in [-0.05, 0) is 6.42 Å². The van der Waals surface area contributed by atoms with Gasteiger partial charge in [0.05, 0.1) is 19.3 Å². The SMILES string of the molecule is O=C1NC(CO)C(CCF)C1F. The molecule has 1 saturated heterocycles. The number of rotatable bonds is 3. The Morgan fingerprint density at radius 3 is 2.75 bits per heavy atom. The maximum Gasteiger partial charge on any atom is 0.255 e. The predicted molar refractivity (Wildman–Crippen MR) is 38.0 cm³/mol. The Morgan fingerprint density at radius 1 is 1.58 bits per heavy atom. The zero-order chi connectivity index (χ0) is 9.14. The van der Waals surface area contributed by atoms with Crippen LogP contribution in [0.3, 0.4) is 0 Å². The molecule has 0 saturated carbocycles. The largest absolute Gasteiger partial charge is 0.394 e. The van der Waals surface area contributed by atoms with Crippen molar-refractivity contribution in [1.29, 1.82) is 0 Å². The van der Waals surface area contributed by atoms with E-state index in [-0.39, 0.29) is 13.0 Å². The summed E-state index contributed by atoms with van der Waals surface area (Å²) < 4.78 is 24.8. The van der Waals surface area contributed by atoms with E-state index in [0.717, 1.165) is 0 Å². The summed E-state index contributed by atoms with van der Waals surface area (Å²) in [6, 6.07) is -0.622. The fourth-order valence-corrected chi connectivity index (χ4v) is 1.42. The van der Waals surface area contributed by atoms with Gasteiger partial charge in [-0.15, -0.1) is 0 Å². The number of nitrogens with one attached hydrogen (secondary N) is 1. The molecule has 0 aromatic heterocycles. The van der Waals surface area contributed by atoms with E-state index in [9.17, 15) is 13.6 Å². The zero-order valence-electron chi connectivity index (χ0n) is 6.46. The second kappa shape index (κ2) is 3.80. The van der Waals surface area contributed by atoms with Crippen molar-refractivity contribution < 1.29 is 18.7 Å². The van der Waals surface area contributed by atoms with Crippen molar-refractivity contribution in [3.63, 3.8) is 0 Å². The normalized spacial score (nSPS) is 35.2. The minimum Gasteiger partial charge on any atom is -0.394 e. The molecule has 1 amide bonds. The van der Waals surface area contributed by atoms with Crippen molar-refractivity contribution in [2.75, 3.05) is 13.3 Å². The van der Waals surface area contributed by atoms with Gasteiger partial charge >= 0.3 is 0 Å². The monoisotopic (exact) mass is 179 g/mol. The first-order valence-electron chi connectivity index (χ1n) is 3.82. The third-order valence-electron chi connectivity index (χ3n) is 2.11. The number of halogens is 2. The highest BCUT2D eigenvalue weighted by atomic mass is 19.1. The molecule has 3 atom stereocenters. The second-order valence-corrected chi connectivity index (χ2v) is 2.84. The quantitative estimate of drug-likeness (QED) is 0.629. The lowest BCUT2D eigenvalue weighted by atomic mass is 9.96. The summed E-state index contributed by atoms with van der Waals surface area (Å²) in [6.07, 6.45) is -1.69. The zero-order valence-corrected chi connectivity index (χ0v) is 6.46. The fourth-order valence-electron chi connectivity index (χ4n) is 1.42. The lowest BCUT2D eigenvalue weighted by Crippen LogP contribution is -2.32. The molecule has 1 heterocycles. The summed E-state index contributed by atoms with van der Waals surface area (Å²) in [5, 5.41) is 11.0. The van der Waals surface area contributed by atoms with Gasteiger partial charge in [0.2, 0.25) is 0 Å². The molecule has 1 fully saturated rings. The van der Waals surface area contributed by atoms with Crippen molar-refractivity contribution in [2.24, 2.45) is 5.92 Å². The number of carbonyl (C=O) groups excluding carboxylic acids is 1. The van der Waals surface area contributed by atoms with Gasteiger partial charge in [0.15, 0.2) is 6.17 Å². The molecule has 5 heteroatoms. The lowest BCUT2D eigenvalue weighted by Gasteiger charge is -2.14. The van der Waals surface area contributed by atoms with Crippen LogP contribution in [0.25, 0.3) is 0 Å². The molecule has 3 unspecified atom stereocenters. The Hall–Kier alpha value is -0.710. The summed E-state index contributed by atoms with van der Waals surface area (Å²) in [5.41, 5.74) is 0. The standard InChI is InChI=1S/C7H11F2NO2/c8-2-1-4-5(3-11)10-7(12)6(4)9/h4-6,11H,1-3H2,(H,10,12). The molecule has 0 spiro atoms. The Bertz CT molecular complexity index is 177. The summed E-state index contributed by atoms with van der Waals surface area (Å²) in [7, 11) is 0. The molecule has 0 aromatic rings. The van der Waals surface area contributed by atoms with Crippen molar-refractivity contribution in [2.45, 2.75) is 18.6 Å². The molecule has 0 radical (unpaired) electrons. The summed E-state index contributed by atoms with van der Waals surface area (Å²) in [5.74, 6) is -1.46. The predicted octanol–water partition coefficient (Wildman–Crippen LogP) is -0.209. The van der Waals surface area contributed by atoms with Crippen molar-refractivity contribution >= 4 is 5.91 Å². The van der Waals surface area contributed by atoms with Gasteiger partial charge in [0, 0.05) is 5.92 Å². The maximum absolute atomic E-state index is 12.9. The molecule has 3 nitrogen and oxygen atoms in total. The van der Waals surface area contributed by atoms with Crippen LogP contribution in [0.4, 0.5) is 8.78 Å². The van der Waals surface area contributed by atoms with Crippen LogP contribution in [0, 0.1) is 5.92 Å². The van der Waals surface area contributed by atoms with Crippen molar-refractivity contribution in [1.82, 2.24) is 5.32 Å². The summed E-state index contributed by atoms with van der Waals surface area (Å²) in [6.45, 7) is -1.01. The lowest BCUT2D eigenvalue weighted by molar-refractivity contribution is -0.124. The smallest absolute Gasteiger partial charge is 0.255 e. The number of aliphatic hydroxyl groups is 1. The highest BCUT2D eigenvalue weighted by Gasteiger charge is 2.41. The van der Waals surface area contributed by atoms with E-state index in [1.807, 2.05) is 0 Å². The first kappa shape index (κ1) is 9.38. The Balaban J connectivity index is 2.60. The van der Waals surface area contributed by atoms with Crippen LogP contribution in [0.2, 0.25) is 0 Å². The molecule has 0 aromatic carbocycles. The number of amides is 1. The summed E-state index contributed by atoms with van der Waals surface area (Å²) >= 11 is 0. The number of hydrogen-bond acceptors (Lipinski definition) is 2. The molecule has 1 rings (SSSR count). The van der Waals surface area contributed by atoms with E-state index in [1.165, 1.54) is 0 Å². The van der Waals surface area contributed by atoms with Gasteiger partial charge in [-0.2, -0.15) is 0 Å². The van der Waals surface area contributed by atoms with E-state index in [1.54, 1.807) is 0 Å². The van der Waals surface area contributed by atoms with E-state index in [2.05, 4.69) is 5.32 Å². The van der Waals surface area contributed by atoms with Crippen LogP contribution < -0.4 is 5.32 Å². The number of hydrogen-bond donors (Lipinski definition) is 2. The molecule has 1 aliphatic heterocycles. The van der Waals surface area contributed by atoms with Gasteiger partial charge in [-0.1, -0.05) is 0 Å². The van der Waals surface area contributed by atoms with E-state index in [0.29, 0.717) is 0 Å². The van der Waals surface area contributed by atoms with Crippen molar-refractivity contribution in [3.8, 4) is 0 Å². The molecule has 0 aliphatic carbocycles. The first-order chi connectivity index (χ1) is 5.70. The number of aliphatic hydroxyl groups excluding tert-OH is 1. The van der Waals surface area contributed by atoms with Crippen LogP contribution in [0.15, 0.2) is 0 Å². The maximum atomic E-state index is 12.9. The molecule has 0 bridgehead atoms. The second-order valence-electron chi connectivity index (χ2n) is 2.84. The Labute approximate surface area is 68.8 Å². The van der Waals surface area contributed by atoms with E-state index >= 15 is 0 Å². The van der Waals surface area contributed by atoms with Crippen LogP contribution in [0.5, 0.6) is 0 Å². The highest BCUT2D eigenvalue weighted by molar-refractivity contribution is 5.83. The topological polar surface area (TPSA) is 49.3 Å². The van der Waals surface area contributed by atoms with Gasteiger partial charge < -0.3 is 10.4 Å². The third-order valence-corrected chi connectivity index (χ3v) is 2.11. The molecule has 2 N–H and O–H groups in total. The average Bonchev–Trinajstić information content (AvgIpc) is 2.33. The number of carbonyl (C=O) groups is 1. The molecule has 70 valence electrons. The van der Waals surface area contributed by atoms with Crippen LogP contribution >= 0.6 is 0 Å². The minimum atomic E-state index is -1.67. The molecule has 1 aliphatic rings. The van der Waals surface area contributed by atoms with Gasteiger partial charge in [-0.25, -0.2) is 4.39 Å². The van der Waals surface area contributed by atoms with E-state index in [4.69, 9.17) is 5.11 Å². The van der Waals surface area contributed by atoms with E-state index < -0.39 is 30.7 Å². The number of alkyl halides is 2. The highest BCUT2D eigenvalue weighted by Crippen LogP contribution is 2.23. The van der Waals surface area contributed by atoms with Gasteiger partial charge in [0.1, 0.15) is 0 Å². The summed E-state index contributed by atoms with van der Waals surface area (Å²) in [4.78, 5) is 10.7. The minimum absolute atomic E-state index is 0.0227. The van der Waals surface area contributed by atoms with Crippen LogP contribution in [0.1, 0.15) is 6.42 Å². The molecule has 12 heavy (non-hydrogen) atoms.